The van der Waals surface area contributed by atoms with Gasteiger partial charge in [-0.2, -0.15) is 0 Å². The Balaban J connectivity index is 2.15. The Bertz CT molecular complexity index is 379. The summed E-state index contributed by atoms with van der Waals surface area (Å²) in [7, 11) is 4.10. The summed E-state index contributed by atoms with van der Waals surface area (Å²) in [5, 5.41) is 0. The number of aromatic nitrogens is 1. The summed E-state index contributed by atoms with van der Waals surface area (Å²) in [6, 6.07) is 0. The Kier molecular flexibility index (Phi) is 4.51. The number of nitrogens with zero attached hydrogens (tertiary/aromatic N) is 2. The third-order valence-electron chi connectivity index (χ3n) is 4.12. The Labute approximate surface area is 113 Å². The van der Waals surface area contributed by atoms with E-state index in [2.05, 4.69) is 24.0 Å². The van der Waals surface area contributed by atoms with Crippen LogP contribution in [-0.2, 0) is 11.2 Å². The minimum Gasteiger partial charge on any atom is -0.297 e. The molecule has 18 heavy (non-hydrogen) atoms. The predicted molar refractivity (Wildman–Crippen MR) is 74.9 cm³/mol. The molecule has 0 spiro atoms. The number of thiazole rings is 1. The first kappa shape index (κ1) is 13.7. The number of Topliss-reactive ketones (excluding diaryl/α,β-unsaturated/α-hetero) is 1. The highest BCUT2D eigenvalue weighted by molar-refractivity contribution is 7.09. The van der Waals surface area contributed by atoms with Crippen molar-refractivity contribution in [3.05, 3.63) is 16.6 Å². The van der Waals surface area contributed by atoms with Gasteiger partial charge in [-0.15, -0.1) is 11.3 Å². The Hall–Kier alpha value is -0.740. The average molecular weight is 266 g/mol. The van der Waals surface area contributed by atoms with E-state index in [1.807, 2.05) is 6.20 Å². The van der Waals surface area contributed by atoms with Crippen LogP contribution in [0.4, 0.5) is 0 Å². The molecule has 1 heterocycles. The van der Waals surface area contributed by atoms with E-state index in [1.54, 1.807) is 16.8 Å². The maximum atomic E-state index is 12.7. The van der Waals surface area contributed by atoms with Crippen LogP contribution in [-0.4, -0.2) is 35.3 Å². The molecule has 2 rings (SSSR count). The molecule has 0 atom stereocenters. The fourth-order valence-electron chi connectivity index (χ4n) is 2.94. The summed E-state index contributed by atoms with van der Waals surface area (Å²) in [5.41, 5.74) is 1.57. The summed E-state index contributed by atoms with van der Waals surface area (Å²) in [5.74, 6) is 0.374. The maximum absolute atomic E-state index is 12.7. The monoisotopic (exact) mass is 266 g/mol. The van der Waals surface area contributed by atoms with E-state index >= 15 is 0 Å². The van der Waals surface area contributed by atoms with Crippen LogP contribution in [0.2, 0.25) is 0 Å². The summed E-state index contributed by atoms with van der Waals surface area (Å²) in [4.78, 5) is 20.0. The van der Waals surface area contributed by atoms with Crippen molar-refractivity contribution in [1.29, 1.82) is 0 Å². The van der Waals surface area contributed by atoms with Crippen LogP contribution in [0, 0.1) is 0 Å². The van der Waals surface area contributed by atoms with E-state index in [0.29, 0.717) is 12.2 Å². The van der Waals surface area contributed by atoms with Gasteiger partial charge in [-0.3, -0.25) is 14.7 Å². The zero-order valence-corrected chi connectivity index (χ0v) is 12.1. The Morgan fingerprint density at radius 2 is 2.00 bits per heavy atom. The molecule has 1 aliphatic rings. The van der Waals surface area contributed by atoms with Crippen LogP contribution >= 0.6 is 11.3 Å². The number of likely N-dealkylation sites (N-methyl/N-ethyl adjacent to an activating group) is 1. The van der Waals surface area contributed by atoms with Crippen molar-refractivity contribution in [2.45, 2.75) is 50.5 Å². The highest BCUT2D eigenvalue weighted by Gasteiger charge is 2.39. The largest absolute Gasteiger partial charge is 0.297 e. The number of hydrogen-bond donors (Lipinski definition) is 0. The minimum absolute atomic E-state index is 0.236. The quantitative estimate of drug-likeness (QED) is 0.786. The van der Waals surface area contributed by atoms with Gasteiger partial charge in [-0.05, 0) is 26.9 Å². The van der Waals surface area contributed by atoms with Gasteiger partial charge in [0.1, 0.15) is 0 Å². The van der Waals surface area contributed by atoms with Gasteiger partial charge < -0.3 is 0 Å². The molecular formula is C14H22N2OS. The molecule has 0 saturated heterocycles. The molecule has 4 heteroatoms. The molecular weight excluding hydrogens is 244 g/mol. The lowest BCUT2D eigenvalue weighted by atomic mass is 9.83. The number of ketones is 1. The summed E-state index contributed by atoms with van der Waals surface area (Å²) < 4.78 is 0. The number of rotatable bonds is 4. The lowest BCUT2D eigenvalue weighted by molar-refractivity contribution is -0.130. The van der Waals surface area contributed by atoms with Gasteiger partial charge in [0.05, 0.1) is 11.0 Å². The second-order valence-corrected chi connectivity index (χ2v) is 6.38. The lowest BCUT2D eigenvalue weighted by Crippen LogP contribution is -2.51. The summed E-state index contributed by atoms with van der Waals surface area (Å²) in [6.45, 7) is 0. The first-order valence-electron chi connectivity index (χ1n) is 6.73. The van der Waals surface area contributed by atoms with Crippen LogP contribution in [0.5, 0.6) is 0 Å². The van der Waals surface area contributed by atoms with Crippen LogP contribution in [0.15, 0.2) is 11.7 Å². The normalized spacial score (nSPS) is 19.7. The smallest absolute Gasteiger partial charge is 0.158 e. The topological polar surface area (TPSA) is 33.2 Å². The molecule has 1 saturated carbocycles. The van der Waals surface area contributed by atoms with Crippen molar-refractivity contribution in [1.82, 2.24) is 9.88 Å². The van der Waals surface area contributed by atoms with E-state index < -0.39 is 0 Å². The van der Waals surface area contributed by atoms with Gasteiger partial charge in [0, 0.05) is 17.5 Å². The van der Waals surface area contributed by atoms with E-state index in [-0.39, 0.29) is 5.54 Å². The fraction of sp³-hybridized carbons (Fsp3) is 0.714. The van der Waals surface area contributed by atoms with Crippen LogP contribution < -0.4 is 0 Å². The predicted octanol–water partition coefficient (Wildman–Crippen LogP) is 2.91. The van der Waals surface area contributed by atoms with Gasteiger partial charge in [0.15, 0.2) is 5.78 Å². The van der Waals surface area contributed by atoms with Crippen LogP contribution in [0.25, 0.3) is 0 Å². The molecule has 3 nitrogen and oxygen atoms in total. The van der Waals surface area contributed by atoms with Crippen molar-refractivity contribution < 1.29 is 4.79 Å². The third kappa shape index (κ3) is 2.81. The Morgan fingerprint density at radius 1 is 1.33 bits per heavy atom. The van der Waals surface area contributed by atoms with Crippen molar-refractivity contribution in [3.63, 3.8) is 0 Å². The highest BCUT2D eigenvalue weighted by atomic mass is 32.1. The van der Waals surface area contributed by atoms with Gasteiger partial charge in [-0.25, -0.2) is 0 Å². The van der Waals surface area contributed by atoms with E-state index in [1.165, 1.54) is 25.7 Å². The van der Waals surface area contributed by atoms with Gasteiger partial charge in [0.2, 0.25) is 0 Å². The summed E-state index contributed by atoms with van der Waals surface area (Å²) >= 11 is 1.58. The lowest BCUT2D eigenvalue weighted by Gasteiger charge is -2.38. The molecule has 100 valence electrons. The number of carbonyl (C=O) groups excluding carboxylic acids is 1. The van der Waals surface area contributed by atoms with E-state index in [0.717, 1.165) is 17.7 Å². The average Bonchev–Trinajstić information content (AvgIpc) is 2.70. The zero-order chi connectivity index (χ0) is 13.0. The minimum atomic E-state index is -0.236. The zero-order valence-electron chi connectivity index (χ0n) is 11.3. The molecule has 0 aromatic carbocycles. The van der Waals surface area contributed by atoms with Gasteiger partial charge in [0.25, 0.3) is 0 Å². The molecule has 1 aliphatic carbocycles. The molecule has 1 aromatic rings. The van der Waals surface area contributed by atoms with E-state index in [4.69, 9.17) is 0 Å². The molecule has 0 unspecified atom stereocenters. The molecule has 0 radical (unpaired) electrons. The summed E-state index contributed by atoms with van der Waals surface area (Å²) in [6.07, 6.45) is 9.27. The van der Waals surface area contributed by atoms with Crippen molar-refractivity contribution in [2.24, 2.45) is 0 Å². The molecule has 0 aliphatic heterocycles. The SMILES string of the molecule is CN(C)C1(C(=O)Cc2cncs2)CCCCCC1. The number of hydrogen-bond acceptors (Lipinski definition) is 4. The first-order chi connectivity index (χ1) is 8.65. The van der Waals surface area contributed by atoms with E-state index in [9.17, 15) is 4.79 Å². The second-order valence-electron chi connectivity index (χ2n) is 5.41. The molecule has 1 fully saturated rings. The van der Waals surface area contributed by atoms with Crippen LogP contribution in [0.1, 0.15) is 43.4 Å². The highest BCUT2D eigenvalue weighted by Crippen LogP contribution is 2.33. The molecule has 0 bridgehead atoms. The van der Waals surface area contributed by atoms with Crippen LogP contribution in [0.3, 0.4) is 0 Å². The Morgan fingerprint density at radius 3 is 2.50 bits per heavy atom. The van der Waals surface area contributed by atoms with Gasteiger partial charge in [-0.1, -0.05) is 25.7 Å². The first-order valence-corrected chi connectivity index (χ1v) is 7.61. The standard InChI is InChI=1S/C14H22N2OS/c1-16(2)14(7-5-3-4-6-8-14)13(17)9-12-10-15-11-18-12/h10-11H,3-9H2,1-2H3. The van der Waals surface area contributed by atoms with Crippen molar-refractivity contribution in [3.8, 4) is 0 Å². The van der Waals surface area contributed by atoms with Gasteiger partial charge >= 0.3 is 0 Å². The second kappa shape index (κ2) is 5.93. The number of carbonyl (C=O) groups is 1. The molecule has 0 N–H and O–H groups in total. The third-order valence-corrected chi connectivity index (χ3v) is 4.90. The molecule has 1 aromatic heterocycles. The fourth-order valence-corrected chi connectivity index (χ4v) is 3.53. The molecule has 0 amide bonds. The van der Waals surface area contributed by atoms with Crippen molar-refractivity contribution in [2.75, 3.05) is 14.1 Å². The maximum Gasteiger partial charge on any atom is 0.158 e. The van der Waals surface area contributed by atoms with Crippen molar-refractivity contribution >= 4 is 17.1 Å².